The molecule has 0 atom stereocenters. The predicted octanol–water partition coefficient (Wildman–Crippen LogP) is 3.52. The Morgan fingerprint density at radius 1 is 1.10 bits per heavy atom. The SMILES string of the molecule is CC(=O)Nc1ccc(OC(=O)c2cccc(Cl)c2)cc1. The fraction of sp³-hybridized carbons (Fsp3) is 0.0667. The molecule has 0 unspecified atom stereocenters. The van der Waals surface area contributed by atoms with Gasteiger partial charge in [0.2, 0.25) is 5.91 Å². The zero-order valence-electron chi connectivity index (χ0n) is 10.7. The fourth-order valence-electron chi connectivity index (χ4n) is 1.59. The number of benzene rings is 2. The number of amides is 1. The predicted molar refractivity (Wildman–Crippen MR) is 77.2 cm³/mol. The first-order chi connectivity index (χ1) is 9.54. The number of nitrogens with one attached hydrogen (secondary N) is 1. The zero-order valence-corrected chi connectivity index (χ0v) is 11.5. The van der Waals surface area contributed by atoms with Crippen LogP contribution in [0.4, 0.5) is 5.69 Å². The number of carbonyl (C=O) groups excluding carboxylic acids is 2. The first kappa shape index (κ1) is 14.1. The van der Waals surface area contributed by atoms with Gasteiger partial charge in [-0.3, -0.25) is 4.79 Å². The van der Waals surface area contributed by atoms with E-state index in [-0.39, 0.29) is 5.91 Å². The van der Waals surface area contributed by atoms with E-state index in [1.165, 1.54) is 13.0 Å². The maximum absolute atomic E-state index is 11.9. The van der Waals surface area contributed by atoms with Crippen LogP contribution >= 0.6 is 11.6 Å². The van der Waals surface area contributed by atoms with Crippen molar-refractivity contribution in [2.24, 2.45) is 0 Å². The van der Waals surface area contributed by atoms with Gasteiger partial charge in [-0.15, -0.1) is 0 Å². The summed E-state index contributed by atoms with van der Waals surface area (Å²) in [6.07, 6.45) is 0. The summed E-state index contributed by atoms with van der Waals surface area (Å²) in [5.41, 5.74) is 1.02. The number of anilines is 1. The minimum absolute atomic E-state index is 0.159. The largest absolute Gasteiger partial charge is 0.423 e. The van der Waals surface area contributed by atoms with Crippen LogP contribution in [0.15, 0.2) is 48.5 Å². The summed E-state index contributed by atoms with van der Waals surface area (Å²) >= 11 is 5.81. The zero-order chi connectivity index (χ0) is 14.5. The molecular formula is C15H12ClNO3. The summed E-state index contributed by atoms with van der Waals surface area (Å²) in [6, 6.07) is 13.0. The Labute approximate surface area is 121 Å². The summed E-state index contributed by atoms with van der Waals surface area (Å²) < 4.78 is 5.21. The third-order valence-corrected chi connectivity index (χ3v) is 2.68. The van der Waals surface area contributed by atoms with Gasteiger partial charge in [0, 0.05) is 17.6 Å². The first-order valence-corrected chi connectivity index (χ1v) is 6.28. The lowest BCUT2D eigenvalue weighted by Gasteiger charge is -2.06. The molecule has 0 spiro atoms. The number of rotatable bonds is 3. The van der Waals surface area contributed by atoms with Crippen LogP contribution in [-0.2, 0) is 4.79 Å². The van der Waals surface area contributed by atoms with Crippen molar-refractivity contribution in [1.82, 2.24) is 0 Å². The monoisotopic (exact) mass is 289 g/mol. The Balaban J connectivity index is 2.06. The average Bonchev–Trinajstić information content (AvgIpc) is 2.40. The molecule has 1 N–H and O–H groups in total. The molecule has 20 heavy (non-hydrogen) atoms. The molecule has 0 heterocycles. The van der Waals surface area contributed by atoms with E-state index in [1.54, 1.807) is 42.5 Å². The number of halogens is 1. The Kier molecular flexibility index (Phi) is 4.38. The highest BCUT2D eigenvalue weighted by atomic mass is 35.5. The normalized spacial score (nSPS) is 9.90. The second-order valence-corrected chi connectivity index (χ2v) is 4.54. The van der Waals surface area contributed by atoms with Crippen LogP contribution in [0.1, 0.15) is 17.3 Å². The number of hydrogen-bond acceptors (Lipinski definition) is 3. The molecule has 2 aromatic carbocycles. The third kappa shape index (κ3) is 3.83. The highest BCUT2D eigenvalue weighted by Gasteiger charge is 2.08. The molecule has 0 aliphatic heterocycles. The van der Waals surface area contributed by atoms with Crippen molar-refractivity contribution in [3.05, 3.63) is 59.1 Å². The molecule has 0 aromatic heterocycles. The maximum atomic E-state index is 11.9. The van der Waals surface area contributed by atoms with Crippen molar-refractivity contribution in [2.75, 3.05) is 5.32 Å². The summed E-state index contributed by atoms with van der Waals surface area (Å²) in [6.45, 7) is 1.42. The molecule has 102 valence electrons. The lowest BCUT2D eigenvalue weighted by Crippen LogP contribution is -2.09. The van der Waals surface area contributed by atoms with Gasteiger partial charge in [0.1, 0.15) is 5.75 Å². The van der Waals surface area contributed by atoms with Crippen molar-refractivity contribution in [3.8, 4) is 5.75 Å². The topological polar surface area (TPSA) is 55.4 Å². The first-order valence-electron chi connectivity index (χ1n) is 5.90. The van der Waals surface area contributed by atoms with E-state index < -0.39 is 5.97 Å². The van der Waals surface area contributed by atoms with Crippen LogP contribution in [-0.4, -0.2) is 11.9 Å². The molecule has 0 bridgehead atoms. The van der Waals surface area contributed by atoms with Gasteiger partial charge in [-0.2, -0.15) is 0 Å². The molecule has 1 amide bonds. The van der Waals surface area contributed by atoms with Gasteiger partial charge in [-0.05, 0) is 42.5 Å². The van der Waals surface area contributed by atoms with Crippen LogP contribution < -0.4 is 10.1 Å². The molecule has 4 nitrogen and oxygen atoms in total. The van der Waals surface area contributed by atoms with Gasteiger partial charge < -0.3 is 10.1 Å². The van der Waals surface area contributed by atoms with E-state index in [0.717, 1.165) is 0 Å². The van der Waals surface area contributed by atoms with Crippen molar-refractivity contribution in [1.29, 1.82) is 0 Å². The van der Waals surface area contributed by atoms with Crippen LogP contribution in [0.2, 0.25) is 5.02 Å². The van der Waals surface area contributed by atoms with Crippen LogP contribution in [0.3, 0.4) is 0 Å². The molecule has 0 fully saturated rings. The maximum Gasteiger partial charge on any atom is 0.343 e. The van der Waals surface area contributed by atoms with Crippen molar-refractivity contribution < 1.29 is 14.3 Å². The van der Waals surface area contributed by atoms with Gasteiger partial charge in [-0.1, -0.05) is 17.7 Å². The summed E-state index contributed by atoms with van der Waals surface area (Å²) in [4.78, 5) is 22.8. The molecular weight excluding hydrogens is 278 g/mol. The number of esters is 1. The second kappa shape index (κ2) is 6.21. The van der Waals surface area contributed by atoms with E-state index >= 15 is 0 Å². The summed E-state index contributed by atoms with van der Waals surface area (Å²) in [5, 5.41) is 3.10. The van der Waals surface area contributed by atoms with E-state index in [4.69, 9.17) is 16.3 Å². The van der Waals surface area contributed by atoms with Crippen molar-refractivity contribution in [3.63, 3.8) is 0 Å². The Bertz CT molecular complexity index is 638. The van der Waals surface area contributed by atoms with E-state index in [1.807, 2.05) is 0 Å². The molecule has 2 aromatic rings. The molecule has 0 radical (unpaired) electrons. The molecule has 0 saturated carbocycles. The van der Waals surface area contributed by atoms with E-state index in [2.05, 4.69) is 5.32 Å². The van der Waals surface area contributed by atoms with Gasteiger partial charge in [0.25, 0.3) is 0 Å². The number of ether oxygens (including phenoxy) is 1. The van der Waals surface area contributed by atoms with Crippen molar-refractivity contribution in [2.45, 2.75) is 6.92 Å². The molecule has 0 aliphatic rings. The third-order valence-electron chi connectivity index (χ3n) is 2.45. The lowest BCUT2D eigenvalue weighted by atomic mass is 10.2. The smallest absolute Gasteiger partial charge is 0.343 e. The minimum atomic E-state index is -0.486. The van der Waals surface area contributed by atoms with Crippen molar-refractivity contribution >= 4 is 29.2 Å². The van der Waals surface area contributed by atoms with Crippen LogP contribution in [0.5, 0.6) is 5.75 Å². The van der Waals surface area contributed by atoms with Gasteiger partial charge in [-0.25, -0.2) is 4.79 Å². The minimum Gasteiger partial charge on any atom is -0.423 e. The fourth-order valence-corrected chi connectivity index (χ4v) is 1.78. The van der Waals surface area contributed by atoms with Gasteiger partial charge in [0.05, 0.1) is 5.56 Å². The standard InChI is InChI=1S/C15H12ClNO3/c1-10(18)17-13-5-7-14(8-6-13)20-15(19)11-3-2-4-12(16)9-11/h2-9H,1H3,(H,17,18). The van der Waals surface area contributed by atoms with Gasteiger partial charge in [0.15, 0.2) is 0 Å². The molecule has 0 aliphatic carbocycles. The average molecular weight is 290 g/mol. The Morgan fingerprint density at radius 2 is 1.80 bits per heavy atom. The van der Waals surface area contributed by atoms with Crippen LogP contribution in [0, 0.1) is 0 Å². The van der Waals surface area contributed by atoms with Gasteiger partial charge >= 0.3 is 5.97 Å². The highest BCUT2D eigenvalue weighted by molar-refractivity contribution is 6.30. The second-order valence-electron chi connectivity index (χ2n) is 4.11. The van der Waals surface area contributed by atoms with Crippen LogP contribution in [0.25, 0.3) is 0 Å². The lowest BCUT2D eigenvalue weighted by molar-refractivity contribution is -0.114. The van der Waals surface area contributed by atoms with E-state index in [9.17, 15) is 9.59 Å². The number of hydrogen-bond donors (Lipinski definition) is 1. The Hall–Kier alpha value is -2.33. The summed E-state index contributed by atoms with van der Waals surface area (Å²) in [7, 11) is 0. The molecule has 0 saturated heterocycles. The van der Waals surface area contributed by atoms with E-state index in [0.29, 0.717) is 22.0 Å². The summed E-state index contributed by atoms with van der Waals surface area (Å²) in [5.74, 6) is -0.252. The molecule has 5 heteroatoms. The Morgan fingerprint density at radius 3 is 2.40 bits per heavy atom. The quantitative estimate of drug-likeness (QED) is 0.695. The number of carbonyl (C=O) groups is 2. The highest BCUT2D eigenvalue weighted by Crippen LogP contribution is 2.18. The molecule has 2 rings (SSSR count).